The number of aryl methyl sites for hydroxylation is 1. The highest BCUT2D eigenvalue weighted by Gasteiger charge is 2.26. The molecule has 0 bridgehead atoms. The average Bonchev–Trinajstić information content (AvgIpc) is 3.09. The van der Waals surface area contributed by atoms with Crippen LogP contribution in [0.1, 0.15) is 75.8 Å². The van der Waals surface area contributed by atoms with Crippen molar-refractivity contribution in [2.75, 3.05) is 24.1 Å². The van der Waals surface area contributed by atoms with Gasteiger partial charge < -0.3 is 20.6 Å². The van der Waals surface area contributed by atoms with Crippen LogP contribution in [0.3, 0.4) is 0 Å². The van der Waals surface area contributed by atoms with Crippen LogP contribution in [0.15, 0.2) is 103 Å². The monoisotopic (exact) mass is 670 g/mol. The minimum atomic E-state index is -3.71. The first-order valence-corrected chi connectivity index (χ1v) is 17.8. The zero-order valence-corrected chi connectivity index (χ0v) is 29.0. The number of nitrogens with one attached hydrogen (secondary N) is 3. The van der Waals surface area contributed by atoms with E-state index in [2.05, 4.69) is 15.4 Å². The number of benzene rings is 4. The van der Waals surface area contributed by atoms with Crippen molar-refractivity contribution >= 4 is 27.5 Å². The molecule has 0 saturated heterocycles. The molecule has 0 saturated carbocycles. The lowest BCUT2D eigenvalue weighted by atomic mass is 9.99. The molecular formula is C38H46N4O5S. The lowest BCUT2D eigenvalue weighted by Gasteiger charge is -2.27. The van der Waals surface area contributed by atoms with Gasteiger partial charge in [-0.1, -0.05) is 90.5 Å². The Labute approximate surface area is 284 Å². The van der Waals surface area contributed by atoms with E-state index in [4.69, 9.17) is 0 Å². The molecule has 9 nitrogen and oxygen atoms in total. The molecule has 0 radical (unpaired) electrons. The van der Waals surface area contributed by atoms with Gasteiger partial charge in [-0.05, 0) is 69.0 Å². The van der Waals surface area contributed by atoms with E-state index in [1.54, 1.807) is 11.9 Å². The highest BCUT2D eigenvalue weighted by molar-refractivity contribution is 7.92. The third kappa shape index (κ3) is 10.00. The standard InChI is InChI=1S/C38H46N4O5S/c1-6-48(46,47)41-34-23-32(22-33(24-34)38(45)42(5)28(4)31-15-11-8-12-16-31)37(44)40-35(21-29-13-9-7-10-14-29)36(43)25-39-27(3)30-19-17-26(2)18-20-30/h7-20,22-24,27-28,35-36,39,41,43H,6,21,25H2,1-5H3,(H,40,44)/t27-,28+,35+,36-/m1/s1. The first-order chi connectivity index (χ1) is 22.9. The number of sulfonamides is 1. The molecule has 0 aromatic heterocycles. The summed E-state index contributed by atoms with van der Waals surface area (Å²) in [6.45, 7) is 7.64. The van der Waals surface area contributed by atoms with Gasteiger partial charge in [-0.25, -0.2) is 8.42 Å². The van der Waals surface area contributed by atoms with Gasteiger partial charge in [-0.15, -0.1) is 0 Å². The Bertz CT molecular complexity index is 1770. The second-order valence-electron chi connectivity index (χ2n) is 12.2. The largest absolute Gasteiger partial charge is 0.390 e. The van der Waals surface area contributed by atoms with E-state index in [-0.39, 0.29) is 47.1 Å². The summed E-state index contributed by atoms with van der Waals surface area (Å²) in [6, 6.07) is 30.5. The number of carbonyl (C=O) groups excluding carboxylic acids is 2. The van der Waals surface area contributed by atoms with Crippen molar-refractivity contribution in [2.24, 2.45) is 0 Å². The van der Waals surface area contributed by atoms with Crippen LogP contribution in [0.25, 0.3) is 0 Å². The van der Waals surface area contributed by atoms with Crippen LogP contribution in [-0.4, -0.2) is 61.7 Å². The maximum Gasteiger partial charge on any atom is 0.254 e. The number of anilines is 1. The minimum Gasteiger partial charge on any atom is -0.390 e. The third-order valence-electron chi connectivity index (χ3n) is 8.57. The summed E-state index contributed by atoms with van der Waals surface area (Å²) in [7, 11) is -2.04. The van der Waals surface area contributed by atoms with Gasteiger partial charge in [0.25, 0.3) is 11.8 Å². The maximum atomic E-state index is 13.9. The molecule has 10 heteroatoms. The number of amides is 2. The van der Waals surface area contributed by atoms with E-state index in [9.17, 15) is 23.1 Å². The van der Waals surface area contributed by atoms with Crippen LogP contribution in [0.5, 0.6) is 0 Å². The van der Waals surface area contributed by atoms with Gasteiger partial charge >= 0.3 is 0 Å². The fourth-order valence-electron chi connectivity index (χ4n) is 5.34. The average molecular weight is 671 g/mol. The lowest BCUT2D eigenvalue weighted by molar-refractivity contribution is 0.0742. The number of aliphatic hydroxyl groups is 1. The first-order valence-electron chi connectivity index (χ1n) is 16.2. The van der Waals surface area contributed by atoms with Crippen LogP contribution in [0, 0.1) is 6.92 Å². The van der Waals surface area contributed by atoms with Crippen molar-refractivity contribution < 1.29 is 23.1 Å². The van der Waals surface area contributed by atoms with Crippen molar-refractivity contribution in [3.8, 4) is 0 Å². The summed E-state index contributed by atoms with van der Waals surface area (Å²) in [5, 5.41) is 17.7. The van der Waals surface area contributed by atoms with Gasteiger partial charge in [0.1, 0.15) is 0 Å². The quantitative estimate of drug-likeness (QED) is 0.130. The number of aliphatic hydroxyl groups excluding tert-OH is 1. The van der Waals surface area contributed by atoms with Crippen molar-refractivity contribution in [1.82, 2.24) is 15.5 Å². The van der Waals surface area contributed by atoms with Gasteiger partial charge in [0, 0.05) is 30.8 Å². The third-order valence-corrected chi connectivity index (χ3v) is 9.88. The molecule has 0 heterocycles. The molecule has 0 unspecified atom stereocenters. The normalized spacial score (nSPS) is 14.0. The first kappa shape index (κ1) is 36.3. The Balaban J connectivity index is 1.61. The Morgan fingerprint density at radius 3 is 2.06 bits per heavy atom. The fourth-order valence-corrected chi connectivity index (χ4v) is 5.96. The van der Waals surface area contributed by atoms with Crippen molar-refractivity contribution in [2.45, 2.75) is 58.3 Å². The molecule has 0 aliphatic rings. The summed E-state index contributed by atoms with van der Waals surface area (Å²) in [5.41, 5.74) is 4.42. The van der Waals surface area contributed by atoms with E-state index in [1.165, 1.54) is 25.1 Å². The number of rotatable bonds is 15. The summed E-state index contributed by atoms with van der Waals surface area (Å²) >= 11 is 0. The molecule has 0 aliphatic heterocycles. The summed E-state index contributed by atoms with van der Waals surface area (Å²) in [5.74, 6) is -1.11. The van der Waals surface area contributed by atoms with E-state index < -0.39 is 28.1 Å². The minimum absolute atomic E-state index is 0.0413. The molecule has 0 spiro atoms. The molecule has 4 aromatic carbocycles. The van der Waals surface area contributed by atoms with Crippen LogP contribution in [-0.2, 0) is 16.4 Å². The molecule has 254 valence electrons. The summed E-state index contributed by atoms with van der Waals surface area (Å²) in [6.07, 6.45) is -0.623. The van der Waals surface area contributed by atoms with E-state index in [0.29, 0.717) is 6.42 Å². The number of nitrogens with zero attached hydrogens (tertiary/aromatic N) is 1. The fraction of sp³-hybridized carbons (Fsp3) is 0.316. The predicted octanol–water partition coefficient (Wildman–Crippen LogP) is 5.64. The van der Waals surface area contributed by atoms with Gasteiger partial charge in [0.05, 0.1) is 29.6 Å². The summed E-state index contributed by atoms with van der Waals surface area (Å²) < 4.78 is 27.5. The second-order valence-corrected chi connectivity index (χ2v) is 14.2. The predicted molar refractivity (Wildman–Crippen MR) is 191 cm³/mol. The van der Waals surface area contributed by atoms with E-state index in [0.717, 1.165) is 22.3 Å². The zero-order valence-electron chi connectivity index (χ0n) is 28.2. The Kier molecular flexibility index (Phi) is 12.5. The highest BCUT2D eigenvalue weighted by Crippen LogP contribution is 2.24. The Hall–Kier alpha value is -4.51. The smallest absolute Gasteiger partial charge is 0.254 e. The van der Waals surface area contributed by atoms with Crippen LogP contribution in [0.2, 0.25) is 0 Å². The lowest BCUT2D eigenvalue weighted by Crippen LogP contribution is -2.49. The van der Waals surface area contributed by atoms with Gasteiger partial charge in [0.15, 0.2) is 0 Å². The van der Waals surface area contributed by atoms with Crippen molar-refractivity contribution in [3.63, 3.8) is 0 Å². The van der Waals surface area contributed by atoms with Gasteiger partial charge in [-0.2, -0.15) is 0 Å². The van der Waals surface area contributed by atoms with E-state index in [1.807, 2.05) is 106 Å². The topological polar surface area (TPSA) is 128 Å². The van der Waals surface area contributed by atoms with Crippen LogP contribution in [0.4, 0.5) is 5.69 Å². The molecule has 4 aromatic rings. The Morgan fingerprint density at radius 1 is 0.833 bits per heavy atom. The Morgan fingerprint density at radius 2 is 1.44 bits per heavy atom. The number of hydrogen-bond acceptors (Lipinski definition) is 6. The van der Waals surface area contributed by atoms with Gasteiger partial charge in [-0.3, -0.25) is 14.3 Å². The highest BCUT2D eigenvalue weighted by atomic mass is 32.2. The molecular weight excluding hydrogens is 625 g/mol. The SMILES string of the molecule is CCS(=O)(=O)Nc1cc(C(=O)N[C@@H](Cc2ccccc2)[C@H](O)CN[C@H](C)c2ccc(C)cc2)cc(C(=O)N(C)[C@@H](C)c2ccccc2)c1. The number of carbonyl (C=O) groups is 2. The van der Waals surface area contributed by atoms with Gasteiger partial charge in [0.2, 0.25) is 10.0 Å². The zero-order chi connectivity index (χ0) is 34.8. The second kappa shape index (κ2) is 16.5. The number of hydrogen-bond donors (Lipinski definition) is 4. The molecule has 4 N–H and O–H groups in total. The molecule has 48 heavy (non-hydrogen) atoms. The summed E-state index contributed by atoms with van der Waals surface area (Å²) in [4.78, 5) is 29.2. The molecule has 4 rings (SSSR count). The molecule has 0 aliphatic carbocycles. The molecule has 2 amide bonds. The van der Waals surface area contributed by atoms with Crippen LogP contribution < -0.4 is 15.4 Å². The van der Waals surface area contributed by atoms with Crippen molar-refractivity contribution in [1.29, 1.82) is 0 Å². The van der Waals surface area contributed by atoms with Crippen molar-refractivity contribution in [3.05, 3.63) is 137 Å². The molecule has 0 fully saturated rings. The van der Waals surface area contributed by atoms with Crippen LogP contribution >= 0.6 is 0 Å². The van der Waals surface area contributed by atoms with E-state index >= 15 is 0 Å². The maximum absolute atomic E-state index is 13.9. The molecule has 4 atom stereocenters.